The van der Waals surface area contributed by atoms with Crippen LogP contribution in [0.4, 0.5) is 0 Å². The van der Waals surface area contributed by atoms with Crippen LogP contribution in [0.25, 0.3) is 0 Å². The highest BCUT2D eigenvalue weighted by atomic mass is 35.5. The Bertz CT molecular complexity index is 350. The molecule has 1 unspecified atom stereocenters. The average Bonchev–Trinajstić information content (AvgIpc) is 2.26. The maximum atomic E-state index is 10.9. The molecule has 0 fully saturated rings. The van der Waals surface area contributed by atoms with Crippen LogP contribution in [0.2, 0.25) is 0 Å². The van der Waals surface area contributed by atoms with E-state index < -0.39 is 0 Å². The minimum absolute atomic E-state index is 0.121. The number of alkyl halides is 1. The maximum Gasteiger partial charge on any atom is 0.129 e. The summed E-state index contributed by atoms with van der Waals surface area (Å²) in [5, 5.41) is -0.121. The minimum Gasteiger partial charge on any atom is -0.494 e. The van der Waals surface area contributed by atoms with Gasteiger partial charge in [-0.15, -0.1) is 11.6 Å². The zero-order chi connectivity index (χ0) is 12.0. The molecule has 88 valence electrons. The average molecular weight is 241 g/mol. The second-order valence-corrected chi connectivity index (χ2v) is 4.24. The van der Waals surface area contributed by atoms with E-state index in [2.05, 4.69) is 0 Å². The molecule has 0 spiro atoms. The Morgan fingerprint density at radius 3 is 2.88 bits per heavy atom. The highest BCUT2D eigenvalue weighted by Crippen LogP contribution is 2.28. The van der Waals surface area contributed by atoms with Crippen molar-refractivity contribution < 1.29 is 9.53 Å². The van der Waals surface area contributed by atoms with Gasteiger partial charge in [0.05, 0.1) is 12.0 Å². The van der Waals surface area contributed by atoms with Crippen molar-refractivity contribution in [2.75, 3.05) is 6.61 Å². The van der Waals surface area contributed by atoms with Gasteiger partial charge in [-0.25, -0.2) is 0 Å². The first-order valence-electron chi connectivity index (χ1n) is 5.49. The SMILES string of the molecule is CCOc1cccc(C(Cl)CCC(C)=O)c1. The molecule has 3 heteroatoms. The summed E-state index contributed by atoms with van der Waals surface area (Å²) in [5.74, 6) is 1.00. The fraction of sp³-hybridized carbons (Fsp3) is 0.462. The first-order chi connectivity index (χ1) is 7.63. The van der Waals surface area contributed by atoms with E-state index >= 15 is 0 Å². The first kappa shape index (κ1) is 13.0. The van der Waals surface area contributed by atoms with Gasteiger partial charge in [-0.2, -0.15) is 0 Å². The molecule has 0 bridgehead atoms. The fourth-order valence-electron chi connectivity index (χ4n) is 1.46. The van der Waals surface area contributed by atoms with Crippen LogP contribution in [-0.4, -0.2) is 12.4 Å². The van der Waals surface area contributed by atoms with Crippen LogP contribution >= 0.6 is 11.6 Å². The van der Waals surface area contributed by atoms with Gasteiger partial charge in [-0.3, -0.25) is 0 Å². The first-order valence-corrected chi connectivity index (χ1v) is 5.93. The fourth-order valence-corrected chi connectivity index (χ4v) is 1.71. The number of carbonyl (C=O) groups excluding carboxylic acids is 1. The van der Waals surface area contributed by atoms with E-state index in [1.54, 1.807) is 6.92 Å². The summed E-state index contributed by atoms with van der Waals surface area (Å²) in [6.07, 6.45) is 1.19. The highest BCUT2D eigenvalue weighted by molar-refractivity contribution is 6.20. The van der Waals surface area contributed by atoms with Crippen molar-refractivity contribution in [2.45, 2.75) is 32.1 Å². The molecule has 16 heavy (non-hydrogen) atoms. The van der Waals surface area contributed by atoms with E-state index in [9.17, 15) is 4.79 Å². The second-order valence-electron chi connectivity index (χ2n) is 3.71. The smallest absolute Gasteiger partial charge is 0.129 e. The lowest BCUT2D eigenvalue weighted by Crippen LogP contribution is -1.97. The second kappa shape index (κ2) is 6.54. The Kier molecular flexibility index (Phi) is 5.33. The predicted molar refractivity (Wildman–Crippen MR) is 66.1 cm³/mol. The summed E-state index contributed by atoms with van der Waals surface area (Å²) in [6, 6.07) is 7.71. The van der Waals surface area contributed by atoms with Gasteiger partial charge >= 0.3 is 0 Å². The van der Waals surface area contributed by atoms with E-state index in [1.807, 2.05) is 31.2 Å². The minimum atomic E-state index is -0.121. The molecule has 0 aliphatic rings. The number of Topliss-reactive ketones (excluding diaryl/α,β-unsaturated/α-hetero) is 1. The molecule has 0 heterocycles. The van der Waals surface area contributed by atoms with E-state index in [4.69, 9.17) is 16.3 Å². The van der Waals surface area contributed by atoms with Crippen LogP contribution in [-0.2, 0) is 4.79 Å². The maximum absolute atomic E-state index is 10.9. The van der Waals surface area contributed by atoms with E-state index in [1.165, 1.54) is 0 Å². The molecule has 0 radical (unpaired) electrons. The third-order valence-electron chi connectivity index (χ3n) is 2.28. The van der Waals surface area contributed by atoms with Gasteiger partial charge < -0.3 is 9.53 Å². The third kappa shape index (κ3) is 4.23. The molecule has 0 N–H and O–H groups in total. The summed E-state index contributed by atoms with van der Waals surface area (Å²) in [4.78, 5) is 10.9. The van der Waals surface area contributed by atoms with E-state index in [0.717, 1.165) is 11.3 Å². The number of ether oxygens (including phenoxy) is 1. The van der Waals surface area contributed by atoms with Crippen LogP contribution in [0.3, 0.4) is 0 Å². The molecule has 0 aliphatic heterocycles. The zero-order valence-electron chi connectivity index (χ0n) is 9.70. The lowest BCUT2D eigenvalue weighted by Gasteiger charge is -2.10. The molecular formula is C13H17ClO2. The largest absolute Gasteiger partial charge is 0.494 e. The van der Waals surface area contributed by atoms with Crippen molar-refractivity contribution in [3.8, 4) is 5.75 Å². The van der Waals surface area contributed by atoms with Gasteiger partial charge in [0, 0.05) is 6.42 Å². The normalized spacial score (nSPS) is 12.2. The highest BCUT2D eigenvalue weighted by Gasteiger charge is 2.09. The van der Waals surface area contributed by atoms with Gasteiger partial charge in [-0.05, 0) is 38.0 Å². The summed E-state index contributed by atoms with van der Waals surface area (Å²) < 4.78 is 5.40. The van der Waals surface area contributed by atoms with Gasteiger partial charge in [-0.1, -0.05) is 12.1 Å². The summed E-state index contributed by atoms with van der Waals surface area (Å²) in [6.45, 7) is 4.17. The van der Waals surface area contributed by atoms with Crippen LogP contribution in [0, 0.1) is 0 Å². The van der Waals surface area contributed by atoms with Crippen molar-refractivity contribution in [2.24, 2.45) is 0 Å². The van der Waals surface area contributed by atoms with Crippen LogP contribution in [0.15, 0.2) is 24.3 Å². The van der Waals surface area contributed by atoms with Crippen molar-refractivity contribution in [3.05, 3.63) is 29.8 Å². The summed E-state index contributed by atoms with van der Waals surface area (Å²) >= 11 is 6.21. The van der Waals surface area contributed by atoms with Gasteiger partial charge in [0.2, 0.25) is 0 Å². The molecule has 2 nitrogen and oxygen atoms in total. The number of ketones is 1. The van der Waals surface area contributed by atoms with Crippen molar-refractivity contribution in [1.82, 2.24) is 0 Å². The molecule has 1 aromatic rings. The Labute approximate surface area is 102 Å². The molecule has 1 atom stereocenters. The third-order valence-corrected chi connectivity index (χ3v) is 2.75. The molecular weight excluding hydrogens is 224 g/mol. The number of carbonyl (C=O) groups is 1. The molecule has 1 rings (SSSR count). The van der Waals surface area contributed by atoms with E-state index in [-0.39, 0.29) is 11.2 Å². The van der Waals surface area contributed by atoms with Crippen LogP contribution in [0.1, 0.15) is 37.6 Å². The molecule has 0 amide bonds. The van der Waals surface area contributed by atoms with Crippen molar-refractivity contribution in [3.63, 3.8) is 0 Å². The van der Waals surface area contributed by atoms with Gasteiger partial charge in [0.1, 0.15) is 11.5 Å². The number of hydrogen-bond acceptors (Lipinski definition) is 2. The number of rotatable bonds is 6. The lowest BCUT2D eigenvalue weighted by molar-refractivity contribution is -0.117. The molecule has 0 saturated heterocycles. The summed E-state index contributed by atoms with van der Waals surface area (Å²) in [7, 11) is 0. The Balaban J connectivity index is 2.63. The Hall–Kier alpha value is -1.02. The number of hydrogen-bond donors (Lipinski definition) is 0. The van der Waals surface area contributed by atoms with Crippen molar-refractivity contribution >= 4 is 17.4 Å². The monoisotopic (exact) mass is 240 g/mol. The molecule has 1 aromatic carbocycles. The van der Waals surface area contributed by atoms with E-state index in [0.29, 0.717) is 19.4 Å². The van der Waals surface area contributed by atoms with Gasteiger partial charge in [0.15, 0.2) is 0 Å². The number of halogens is 1. The Morgan fingerprint density at radius 2 is 2.25 bits per heavy atom. The summed E-state index contributed by atoms with van der Waals surface area (Å²) in [5.41, 5.74) is 1.01. The van der Waals surface area contributed by atoms with Gasteiger partial charge in [0.25, 0.3) is 0 Å². The predicted octanol–water partition coefficient (Wildman–Crippen LogP) is 3.73. The quantitative estimate of drug-likeness (QED) is 0.709. The zero-order valence-corrected chi connectivity index (χ0v) is 10.5. The number of benzene rings is 1. The Morgan fingerprint density at radius 1 is 1.50 bits per heavy atom. The molecule has 0 saturated carbocycles. The standard InChI is InChI=1S/C13H17ClO2/c1-3-16-12-6-4-5-11(9-12)13(14)8-7-10(2)15/h4-6,9,13H,3,7-8H2,1-2H3. The lowest BCUT2D eigenvalue weighted by atomic mass is 10.1. The molecule has 0 aliphatic carbocycles. The van der Waals surface area contributed by atoms with Crippen LogP contribution in [0.5, 0.6) is 5.75 Å². The molecule has 0 aromatic heterocycles. The van der Waals surface area contributed by atoms with Crippen molar-refractivity contribution in [1.29, 1.82) is 0 Å². The van der Waals surface area contributed by atoms with Crippen LogP contribution < -0.4 is 4.74 Å². The topological polar surface area (TPSA) is 26.3 Å².